The summed E-state index contributed by atoms with van der Waals surface area (Å²) in [6.07, 6.45) is 5.18. The third kappa shape index (κ3) is 5.03. The van der Waals surface area contributed by atoms with Gasteiger partial charge < -0.3 is 4.90 Å². The topological polar surface area (TPSA) is 81.7 Å². The molecule has 1 unspecified atom stereocenters. The van der Waals surface area contributed by atoms with Crippen molar-refractivity contribution >= 4 is 25.5 Å². The lowest BCUT2D eigenvalue weighted by molar-refractivity contribution is -1.91. The van der Waals surface area contributed by atoms with Gasteiger partial charge in [-0.05, 0) is 34.6 Å². The monoisotopic (exact) mass is 271 g/mol. The van der Waals surface area contributed by atoms with Crippen LogP contribution in [0.3, 0.4) is 0 Å². The Hall–Kier alpha value is -0.0200. The van der Waals surface area contributed by atoms with E-state index in [4.69, 9.17) is 0 Å². The highest BCUT2D eigenvalue weighted by Crippen LogP contribution is 2.41. The van der Waals surface area contributed by atoms with Crippen molar-refractivity contribution in [1.29, 1.82) is 0 Å². The molecule has 15 heavy (non-hydrogen) atoms. The molecular formula is C7H10ClNO4S2. The van der Waals surface area contributed by atoms with E-state index in [-0.39, 0.29) is 0 Å². The zero-order valence-electron chi connectivity index (χ0n) is 8.08. The lowest BCUT2D eigenvalue weighted by Crippen LogP contribution is -2.60. The first-order valence-corrected chi connectivity index (χ1v) is 7.57. The molecule has 0 fully saturated rings. The van der Waals surface area contributed by atoms with Gasteiger partial charge in [0.25, 0.3) is 0 Å². The Kier molecular flexibility index (Phi) is 4.65. The number of halogens is 1. The molecule has 8 heteroatoms. The summed E-state index contributed by atoms with van der Waals surface area (Å²) in [5.41, 5.74) is 0. The molecule has 0 spiro atoms. The van der Waals surface area contributed by atoms with Crippen molar-refractivity contribution in [2.45, 2.75) is 0 Å². The van der Waals surface area contributed by atoms with Crippen molar-refractivity contribution in [2.24, 2.45) is 0 Å². The average Bonchev–Trinajstić information content (AvgIpc) is 2.45. The fraction of sp³-hybridized carbons (Fsp3) is 0.286. The molecule has 1 heterocycles. The molecule has 0 aromatic rings. The molecule has 0 aromatic carbocycles. The van der Waals surface area contributed by atoms with Gasteiger partial charge in [-0.25, -0.2) is 0 Å². The predicted molar refractivity (Wildman–Crippen MR) is 53.2 cm³/mol. The predicted octanol–water partition coefficient (Wildman–Crippen LogP) is -1.49. The quantitative estimate of drug-likeness (QED) is 0.352. The Morgan fingerprint density at radius 3 is 2.67 bits per heavy atom. The third-order valence-electron chi connectivity index (χ3n) is 1.24. The average molecular weight is 272 g/mol. The molecule has 0 amide bonds. The highest BCUT2D eigenvalue weighted by atomic mass is 35.7. The summed E-state index contributed by atoms with van der Waals surface area (Å²) >= 11 is 0. The van der Waals surface area contributed by atoms with Crippen LogP contribution in [0, 0.1) is 10.2 Å². The molecule has 0 bridgehead atoms. The van der Waals surface area contributed by atoms with Crippen molar-refractivity contribution in [1.82, 2.24) is 4.90 Å². The van der Waals surface area contributed by atoms with Crippen molar-refractivity contribution in [2.75, 3.05) is 14.1 Å². The molecular weight excluding hydrogens is 262 g/mol. The summed E-state index contributed by atoms with van der Waals surface area (Å²) in [6, 6.07) is 0. The van der Waals surface area contributed by atoms with Crippen LogP contribution in [0.5, 0.6) is 0 Å². The van der Waals surface area contributed by atoms with Crippen LogP contribution in [0.1, 0.15) is 0 Å². The number of allylic oxidation sites excluding steroid dienone is 2. The molecule has 0 aromatic heterocycles. The minimum absolute atomic E-state index is 0.667. The van der Waals surface area contributed by atoms with Gasteiger partial charge in [0.2, 0.25) is 0 Å². The summed E-state index contributed by atoms with van der Waals surface area (Å²) in [6.45, 7) is 0. The van der Waals surface area contributed by atoms with Crippen LogP contribution in [0.4, 0.5) is 0 Å². The van der Waals surface area contributed by atoms with E-state index in [9.17, 15) is 14.0 Å². The minimum Gasteiger partial charge on any atom is -0.383 e. The molecule has 0 saturated heterocycles. The smallest absolute Gasteiger partial charge is 0.179 e. The summed E-state index contributed by atoms with van der Waals surface area (Å²) < 4.78 is 35.5. The standard InChI is InChI=1S/C7H10ClNO4S2/c1-9(2)5-3-7-4-6-14-15(7)13-8(10,11)12/h3-6H,1-2H3/b5-3-. The summed E-state index contributed by atoms with van der Waals surface area (Å²) in [5.74, 6) is 0. The maximum absolute atomic E-state index is 10.4. The van der Waals surface area contributed by atoms with Gasteiger partial charge in [-0.1, -0.05) is 0 Å². The van der Waals surface area contributed by atoms with E-state index in [1.807, 2.05) is 14.1 Å². The lowest BCUT2D eigenvalue weighted by atomic mass is 10.4. The van der Waals surface area contributed by atoms with Crippen LogP contribution in [0.25, 0.3) is 0 Å². The van der Waals surface area contributed by atoms with Gasteiger partial charge >= 0.3 is 0 Å². The first-order valence-electron chi connectivity index (χ1n) is 3.79. The number of rotatable bonds is 4. The molecule has 1 aliphatic heterocycles. The first-order chi connectivity index (χ1) is 6.88. The zero-order valence-corrected chi connectivity index (χ0v) is 10.5. The molecule has 0 aliphatic carbocycles. The molecule has 5 nitrogen and oxygen atoms in total. The number of hydrogen-bond donors (Lipinski definition) is 0. The Morgan fingerprint density at radius 1 is 1.47 bits per heavy atom. The second-order valence-corrected chi connectivity index (χ2v) is 6.91. The van der Waals surface area contributed by atoms with E-state index in [2.05, 4.69) is 3.74 Å². The Labute approximate surface area is 96.3 Å². The summed E-state index contributed by atoms with van der Waals surface area (Å²) in [7, 11) is -0.594. The largest absolute Gasteiger partial charge is 0.383 e. The maximum Gasteiger partial charge on any atom is 0.179 e. The second kappa shape index (κ2) is 5.35. The van der Waals surface area contributed by atoms with E-state index in [0.717, 1.165) is 10.8 Å². The Bertz CT molecular complexity index is 321. The Morgan fingerprint density at radius 2 is 2.13 bits per heavy atom. The molecule has 86 valence electrons. The number of nitrogens with zero attached hydrogens (tertiary/aromatic N) is 1. The van der Waals surface area contributed by atoms with Gasteiger partial charge in [-0.15, -0.1) is 0 Å². The van der Waals surface area contributed by atoms with Crippen molar-refractivity contribution in [3.8, 4) is 0 Å². The van der Waals surface area contributed by atoms with E-state index in [0.29, 0.717) is 4.86 Å². The van der Waals surface area contributed by atoms with Crippen molar-refractivity contribution < 1.29 is 28.0 Å². The fourth-order valence-corrected chi connectivity index (χ4v) is 4.50. The third-order valence-corrected chi connectivity index (χ3v) is 5.29. The highest BCUT2D eigenvalue weighted by molar-refractivity contribution is 8.83. The van der Waals surface area contributed by atoms with Gasteiger partial charge in [0, 0.05) is 14.1 Å². The highest BCUT2D eigenvalue weighted by Gasteiger charge is 2.26. The minimum atomic E-state index is -4.38. The lowest BCUT2D eigenvalue weighted by Gasteiger charge is -2.12. The van der Waals surface area contributed by atoms with Crippen molar-refractivity contribution in [3.05, 3.63) is 23.8 Å². The van der Waals surface area contributed by atoms with Crippen LogP contribution in [0.2, 0.25) is 0 Å². The fourth-order valence-electron chi connectivity index (χ4n) is 0.711. The van der Waals surface area contributed by atoms with E-state index >= 15 is 0 Å². The van der Waals surface area contributed by atoms with Crippen LogP contribution in [0.15, 0.2) is 23.8 Å². The second-order valence-electron chi connectivity index (χ2n) is 2.76. The normalized spacial score (nSPS) is 21.7. The maximum atomic E-state index is 10.4. The summed E-state index contributed by atoms with van der Waals surface area (Å²) in [4.78, 5) is 2.47. The molecule has 1 rings (SSSR count). The van der Waals surface area contributed by atoms with Gasteiger partial charge in [0.15, 0.2) is 9.80 Å². The van der Waals surface area contributed by atoms with Crippen molar-refractivity contribution in [3.63, 3.8) is 0 Å². The van der Waals surface area contributed by atoms with E-state index < -0.39 is 20.0 Å². The van der Waals surface area contributed by atoms with E-state index in [1.165, 1.54) is 0 Å². The van der Waals surface area contributed by atoms with Gasteiger partial charge in [-0.3, -0.25) is 0 Å². The molecule has 1 atom stereocenters. The molecule has 0 saturated carbocycles. The van der Waals surface area contributed by atoms with Crippen LogP contribution in [-0.2, 0) is 3.74 Å². The van der Waals surface area contributed by atoms with Gasteiger partial charge in [-0.2, -0.15) is 14.0 Å². The SMILES string of the molecule is CN(C)/C=C\C1=S(O[Cl+3]([O-])([O-])[O-])SC=C1. The number of hydrogen-bond acceptors (Lipinski definition) is 6. The van der Waals surface area contributed by atoms with Gasteiger partial charge in [0.1, 0.15) is 3.74 Å². The molecule has 0 N–H and O–H groups in total. The Balaban J connectivity index is 2.73. The van der Waals surface area contributed by atoms with Crippen LogP contribution in [-0.4, -0.2) is 23.9 Å². The summed E-state index contributed by atoms with van der Waals surface area (Å²) in [5, 5.41) is 1.69. The van der Waals surface area contributed by atoms with Crippen LogP contribution >= 0.6 is 20.6 Å². The van der Waals surface area contributed by atoms with E-state index in [1.54, 1.807) is 28.7 Å². The zero-order chi connectivity index (χ0) is 11.5. The molecule has 1 aliphatic rings. The first kappa shape index (κ1) is 13.0. The van der Waals surface area contributed by atoms with Gasteiger partial charge in [0.05, 0.1) is 15.1 Å². The molecule has 0 radical (unpaired) electrons. The van der Waals surface area contributed by atoms with Crippen LogP contribution < -0.4 is 14.0 Å².